The summed E-state index contributed by atoms with van der Waals surface area (Å²) in [5.41, 5.74) is 0. The zero-order valence-corrected chi connectivity index (χ0v) is 13.3. The average molecular weight is 279 g/mol. The van der Waals surface area contributed by atoms with Crippen LogP contribution >= 0.6 is 0 Å². The van der Waals surface area contributed by atoms with Crippen molar-refractivity contribution in [2.75, 3.05) is 13.1 Å². The lowest BCUT2D eigenvalue weighted by Gasteiger charge is -2.11. The van der Waals surface area contributed by atoms with Gasteiger partial charge in [-0.2, -0.15) is 0 Å². The SMILES string of the molecule is CC=CCCCCCCCCC(=O)C1CCCNCC1. The molecule has 0 radical (unpaired) electrons. The van der Waals surface area contributed by atoms with Gasteiger partial charge in [-0.05, 0) is 58.5 Å². The number of carbonyl (C=O) groups is 1. The summed E-state index contributed by atoms with van der Waals surface area (Å²) in [4.78, 5) is 12.1. The third-order valence-corrected chi connectivity index (χ3v) is 4.31. The number of Topliss-reactive ketones (excluding diaryl/α,β-unsaturated/α-hetero) is 1. The van der Waals surface area contributed by atoms with Gasteiger partial charge in [0.1, 0.15) is 5.78 Å². The van der Waals surface area contributed by atoms with Crippen molar-refractivity contribution in [3.05, 3.63) is 12.2 Å². The summed E-state index contributed by atoms with van der Waals surface area (Å²) in [6.07, 6.45) is 17.4. The molecular weight excluding hydrogens is 246 g/mol. The topological polar surface area (TPSA) is 29.1 Å². The second kappa shape index (κ2) is 12.1. The van der Waals surface area contributed by atoms with Gasteiger partial charge in [0.25, 0.3) is 0 Å². The molecule has 1 N–H and O–H groups in total. The number of ketones is 1. The second-order valence-electron chi connectivity index (χ2n) is 6.07. The first kappa shape index (κ1) is 17.4. The van der Waals surface area contributed by atoms with Crippen LogP contribution < -0.4 is 5.32 Å². The van der Waals surface area contributed by atoms with Crippen LogP contribution in [-0.4, -0.2) is 18.9 Å². The maximum absolute atomic E-state index is 12.1. The zero-order chi connectivity index (χ0) is 14.5. The molecule has 0 bridgehead atoms. The summed E-state index contributed by atoms with van der Waals surface area (Å²) in [5.74, 6) is 0.882. The monoisotopic (exact) mass is 279 g/mol. The Morgan fingerprint density at radius 3 is 2.60 bits per heavy atom. The number of carbonyl (C=O) groups excluding carboxylic acids is 1. The highest BCUT2D eigenvalue weighted by atomic mass is 16.1. The van der Waals surface area contributed by atoms with Gasteiger partial charge in [-0.15, -0.1) is 0 Å². The van der Waals surface area contributed by atoms with Crippen molar-refractivity contribution in [2.24, 2.45) is 5.92 Å². The predicted octanol–water partition coefficient (Wildman–Crippen LogP) is 4.64. The Kier molecular flexibility index (Phi) is 10.6. The molecule has 0 saturated carbocycles. The Morgan fingerprint density at radius 2 is 1.80 bits per heavy atom. The van der Waals surface area contributed by atoms with Crippen molar-refractivity contribution in [3.8, 4) is 0 Å². The molecule has 1 heterocycles. The largest absolute Gasteiger partial charge is 0.317 e. The quantitative estimate of drug-likeness (QED) is 0.466. The molecular formula is C18H33NO. The molecule has 0 aromatic rings. The summed E-state index contributed by atoms with van der Waals surface area (Å²) in [7, 11) is 0. The second-order valence-corrected chi connectivity index (χ2v) is 6.07. The molecule has 1 aliphatic rings. The van der Waals surface area contributed by atoms with Gasteiger partial charge in [-0.1, -0.05) is 37.8 Å². The van der Waals surface area contributed by atoms with Crippen LogP contribution in [0.4, 0.5) is 0 Å². The number of rotatable bonds is 10. The van der Waals surface area contributed by atoms with Crippen molar-refractivity contribution in [1.82, 2.24) is 5.32 Å². The van der Waals surface area contributed by atoms with E-state index in [9.17, 15) is 4.79 Å². The van der Waals surface area contributed by atoms with Gasteiger partial charge in [0.2, 0.25) is 0 Å². The van der Waals surface area contributed by atoms with E-state index in [4.69, 9.17) is 0 Å². The van der Waals surface area contributed by atoms with Gasteiger partial charge in [-0.3, -0.25) is 4.79 Å². The van der Waals surface area contributed by atoms with Gasteiger partial charge in [-0.25, -0.2) is 0 Å². The Morgan fingerprint density at radius 1 is 1.05 bits per heavy atom. The molecule has 0 amide bonds. The van der Waals surface area contributed by atoms with Crippen LogP contribution in [0.15, 0.2) is 12.2 Å². The van der Waals surface area contributed by atoms with E-state index in [1.807, 2.05) is 0 Å². The highest BCUT2D eigenvalue weighted by Gasteiger charge is 2.18. The third kappa shape index (κ3) is 8.52. The molecule has 1 fully saturated rings. The Bertz CT molecular complexity index is 265. The lowest BCUT2D eigenvalue weighted by molar-refractivity contribution is -0.123. The molecule has 0 spiro atoms. The van der Waals surface area contributed by atoms with Crippen LogP contribution in [-0.2, 0) is 4.79 Å². The molecule has 0 aliphatic carbocycles. The van der Waals surface area contributed by atoms with Crippen LogP contribution in [0.2, 0.25) is 0 Å². The Labute approximate surface area is 125 Å². The van der Waals surface area contributed by atoms with E-state index in [-0.39, 0.29) is 0 Å². The lowest BCUT2D eigenvalue weighted by atomic mass is 9.92. The van der Waals surface area contributed by atoms with Crippen LogP contribution in [0, 0.1) is 5.92 Å². The minimum Gasteiger partial charge on any atom is -0.317 e. The van der Waals surface area contributed by atoms with Crippen molar-refractivity contribution in [2.45, 2.75) is 77.6 Å². The number of hydrogen-bond acceptors (Lipinski definition) is 2. The van der Waals surface area contributed by atoms with E-state index in [1.165, 1.54) is 44.9 Å². The first-order valence-electron chi connectivity index (χ1n) is 8.69. The minimum absolute atomic E-state index is 0.353. The van der Waals surface area contributed by atoms with Crippen LogP contribution in [0.1, 0.15) is 77.6 Å². The van der Waals surface area contributed by atoms with Gasteiger partial charge in [0.05, 0.1) is 0 Å². The molecule has 116 valence electrons. The van der Waals surface area contributed by atoms with Gasteiger partial charge < -0.3 is 5.32 Å². The average Bonchev–Trinajstić information content (AvgIpc) is 2.74. The molecule has 1 unspecified atom stereocenters. The molecule has 0 aromatic heterocycles. The Balaban J connectivity index is 1.93. The minimum atomic E-state index is 0.353. The highest BCUT2D eigenvalue weighted by Crippen LogP contribution is 2.18. The standard InChI is InChI=1S/C18H33NO/c1-2-3-4-5-6-7-8-9-10-13-18(20)17-12-11-15-19-16-14-17/h2-3,17,19H,4-16H2,1H3. The number of unbranched alkanes of at least 4 members (excludes halogenated alkanes) is 6. The summed E-state index contributed by atoms with van der Waals surface area (Å²) in [5, 5.41) is 3.38. The van der Waals surface area contributed by atoms with E-state index in [2.05, 4.69) is 24.4 Å². The molecule has 20 heavy (non-hydrogen) atoms. The summed E-state index contributed by atoms with van der Waals surface area (Å²) >= 11 is 0. The zero-order valence-electron chi connectivity index (χ0n) is 13.3. The number of hydrogen-bond donors (Lipinski definition) is 1. The normalized spacial score (nSPS) is 20.1. The highest BCUT2D eigenvalue weighted by molar-refractivity contribution is 5.80. The van der Waals surface area contributed by atoms with Crippen LogP contribution in [0.25, 0.3) is 0 Å². The summed E-state index contributed by atoms with van der Waals surface area (Å²) in [6, 6.07) is 0. The first-order chi connectivity index (χ1) is 9.84. The predicted molar refractivity (Wildman–Crippen MR) is 87.0 cm³/mol. The number of nitrogens with one attached hydrogen (secondary N) is 1. The fourth-order valence-electron chi connectivity index (χ4n) is 2.98. The molecule has 1 aliphatic heterocycles. The van der Waals surface area contributed by atoms with Crippen LogP contribution in [0.3, 0.4) is 0 Å². The molecule has 1 saturated heterocycles. The van der Waals surface area contributed by atoms with E-state index < -0.39 is 0 Å². The van der Waals surface area contributed by atoms with Gasteiger partial charge in [0.15, 0.2) is 0 Å². The smallest absolute Gasteiger partial charge is 0.136 e. The summed E-state index contributed by atoms with van der Waals surface area (Å²) in [6.45, 7) is 4.21. The van der Waals surface area contributed by atoms with E-state index >= 15 is 0 Å². The first-order valence-corrected chi connectivity index (χ1v) is 8.69. The molecule has 2 nitrogen and oxygen atoms in total. The maximum atomic E-state index is 12.1. The number of allylic oxidation sites excluding steroid dienone is 2. The fraction of sp³-hybridized carbons (Fsp3) is 0.833. The fourth-order valence-corrected chi connectivity index (χ4v) is 2.98. The molecule has 1 rings (SSSR count). The van der Waals surface area contributed by atoms with Crippen molar-refractivity contribution in [3.63, 3.8) is 0 Å². The van der Waals surface area contributed by atoms with E-state index in [1.54, 1.807) is 0 Å². The van der Waals surface area contributed by atoms with Crippen molar-refractivity contribution >= 4 is 5.78 Å². The van der Waals surface area contributed by atoms with Gasteiger partial charge in [0, 0.05) is 12.3 Å². The molecule has 0 aromatic carbocycles. The van der Waals surface area contributed by atoms with Crippen LogP contribution in [0.5, 0.6) is 0 Å². The summed E-state index contributed by atoms with van der Waals surface area (Å²) < 4.78 is 0. The van der Waals surface area contributed by atoms with Gasteiger partial charge >= 0.3 is 0 Å². The van der Waals surface area contributed by atoms with Crippen molar-refractivity contribution in [1.29, 1.82) is 0 Å². The Hall–Kier alpha value is -0.630. The lowest BCUT2D eigenvalue weighted by Crippen LogP contribution is -2.17. The van der Waals surface area contributed by atoms with Crippen molar-refractivity contribution < 1.29 is 4.79 Å². The maximum Gasteiger partial charge on any atom is 0.136 e. The molecule has 1 atom stereocenters. The molecule has 2 heteroatoms. The third-order valence-electron chi connectivity index (χ3n) is 4.31. The van der Waals surface area contributed by atoms with E-state index in [0.717, 1.165) is 38.8 Å². The van der Waals surface area contributed by atoms with E-state index in [0.29, 0.717) is 11.7 Å².